The number of ether oxygens (including phenoxy) is 1. The van der Waals surface area contributed by atoms with E-state index < -0.39 is 0 Å². The van der Waals surface area contributed by atoms with E-state index in [4.69, 9.17) is 10.5 Å². The summed E-state index contributed by atoms with van der Waals surface area (Å²) in [5, 5.41) is 11.8. The topological polar surface area (TPSA) is 78.8 Å². The fourth-order valence-corrected chi connectivity index (χ4v) is 1.97. The maximum Gasteiger partial charge on any atom is 0.189 e. The van der Waals surface area contributed by atoms with Crippen LogP contribution in [-0.2, 0) is 0 Å². The predicted molar refractivity (Wildman–Crippen MR) is 75.6 cm³/mol. The smallest absolute Gasteiger partial charge is 0.189 e. The number of hydrogen-bond acceptors (Lipinski definition) is 5. The molecule has 0 unspecified atom stereocenters. The third-order valence-corrected chi connectivity index (χ3v) is 2.97. The zero-order valence-corrected chi connectivity index (χ0v) is 10.9. The van der Waals surface area contributed by atoms with Gasteiger partial charge < -0.3 is 10.5 Å². The Morgan fingerprint density at radius 2 is 1.95 bits per heavy atom. The van der Waals surface area contributed by atoms with Gasteiger partial charge in [-0.05, 0) is 34.7 Å². The Kier molecular flexibility index (Phi) is 3.04. The number of nitrogen functional groups attached to an aromatic ring is 1. The molecule has 20 heavy (non-hydrogen) atoms. The fourth-order valence-electron chi connectivity index (χ4n) is 1.97. The van der Waals surface area contributed by atoms with Gasteiger partial charge in [0, 0.05) is 17.3 Å². The normalized spacial score (nSPS) is 10.4. The number of para-hydroxylation sites is 1. The van der Waals surface area contributed by atoms with Crippen LogP contribution in [0.1, 0.15) is 0 Å². The second-order valence-corrected chi connectivity index (χ2v) is 4.20. The Labute approximate surface area is 115 Å². The van der Waals surface area contributed by atoms with Crippen LogP contribution in [0.5, 0.6) is 5.75 Å². The average Bonchev–Trinajstić information content (AvgIpc) is 2.97. The Balaban J connectivity index is 2.13. The van der Waals surface area contributed by atoms with Crippen molar-refractivity contribution in [1.82, 2.24) is 20.2 Å². The number of tetrazole rings is 1. The first-order valence-electron chi connectivity index (χ1n) is 6.07. The van der Waals surface area contributed by atoms with E-state index in [0.717, 1.165) is 17.0 Å². The number of benzene rings is 2. The summed E-state index contributed by atoms with van der Waals surface area (Å²) in [6, 6.07) is 15.0. The summed E-state index contributed by atoms with van der Waals surface area (Å²) in [5.41, 5.74) is 8.22. The lowest BCUT2D eigenvalue weighted by Crippen LogP contribution is -2.01. The number of nitrogens with zero attached hydrogens (tertiary/aromatic N) is 4. The van der Waals surface area contributed by atoms with Gasteiger partial charge >= 0.3 is 0 Å². The summed E-state index contributed by atoms with van der Waals surface area (Å²) < 4.78 is 6.85. The summed E-state index contributed by atoms with van der Waals surface area (Å²) >= 11 is 0. The van der Waals surface area contributed by atoms with Crippen LogP contribution < -0.4 is 10.5 Å². The molecule has 0 saturated heterocycles. The number of methoxy groups -OCH3 is 1. The van der Waals surface area contributed by atoms with Gasteiger partial charge in [0.2, 0.25) is 0 Å². The molecule has 0 fully saturated rings. The molecule has 0 spiro atoms. The summed E-state index contributed by atoms with van der Waals surface area (Å²) in [4.78, 5) is 0. The first-order valence-corrected chi connectivity index (χ1v) is 6.07. The highest BCUT2D eigenvalue weighted by atomic mass is 16.5. The SMILES string of the molecule is COc1cccc(-n2nnnc2-c2ccccc2N)c1. The van der Waals surface area contributed by atoms with Gasteiger partial charge in [0.05, 0.1) is 12.8 Å². The highest BCUT2D eigenvalue weighted by Crippen LogP contribution is 2.25. The lowest BCUT2D eigenvalue weighted by molar-refractivity contribution is 0.414. The molecule has 1 aromatic heterocycles. The van der Waals surface area contributed by atoms with E-state index in [1.54, 1.807) is 11.8 Å². The molecular weight excluding hydrogens is 254 g/mol. The highest BCUT2D eigenvalue weighted by molar-refractivity contribution is 5.72. The number of anilines is 1. The largest absolute Gasteiger partial charge is 0.497 e. The van der Waals surface area contributed by atoms with Crippen LogP contribution in [0.2, 0.25) is 0 Å². The van der Waals surface area contributed by atoms with Gasteiger partial charge in [-0.3, -0.25) is 0 Å². The van der Waals surface area contributed by atoms with Crippen LogP contribution in [0.4, 0.5) is 5.69 Å². The first-order chi connectivity index (χ1) is 9.79. The Hall–Kier alpha value is -2.89. The second-order valence-electron chi connectivity index (χ2n) is 4.20. The van der Waals surface area contributed by atoms with Crippen LogP contribution in [-0.4, -0.2) is 27.3 Å². The zero-order valence-electron chi connectivity index (χ0n) is 10.9. The van der Waals surface area contributed by atoms with Crippen molar-refractivity contribution in [3.8, 4) is 22.8 Å². The van der Waals surface area contributed by atoms with Crippen LogP contribution >= 0.6 is 0 Å². The van der Waals surface area contributed by atoms with Gasteiger partial charge in [-0.2, -0.15) is 4.68 Å². The van der Waals surface area contributed by atoms with Gasteiger partial charge in [0.1, 0.15) is 5.75 Å². The Morgan fingerprint density at radius 1 is 1.10 bits per heavy atom. The van der Waals surface area contributed by atoms with Crippen molar-refractivity contribution in [3.63, 3.8) is 0 Å². The van der Waals surface area contributed by atoms with E-state index >= 15 is 0 Å². The minimum Gasteiger partial charge on any atom is -0.497 e. The van der Waals surface area contributed by atoms with Crippen molar-refractivity contribution in [2.24, 2.45) is 0 Å². The molecular formula is C14H13N5O. The van der Waals surface area contributed by atoms with Gasteiger partial charge in [-0.25, -0.2) is 0 Å². The third-order valence-electron chi connectivity index (χ3n) is 2.97. The molecule has 0 amide bonds. The zero-order chi connectivity index (χ0) is 13.9. The maximum absolute atomic E-state index is 5.98. The number of rotatable bonds is 3. The fraction of sp³-hybridized carbons (Fsp3) is 0.0714. The van der Waals surface area contributed by atoms with Crippen molar-refractivity contribution < 1.29 is 4.74 Å². The van der Waals surface area contributed by atoms with Crippen molar-refractivity contribution in [2.45, 2.75) is 0 Å². The standard InChI is InChI=1S/C14H13N5O/c1-20-11-6-4-5-10(9-11)19-14(16-17-18-19)12-7-2-3-8-13(12)15/h2-9H,15H2,1H3. The lowest BCUT2D eigenvalue weighted by atomic mass is 10.1. The van der Waals surface area contributed by atoms with E-state index in [9.17, 15) is 0 Å². The van der Waals surface area contributed by atoms with Crippen LogP contribution in [0.3, 0.4) is 0 Å². The molecule has 100 valence electrons. The molecule has 0 aliphatic heterocycles. The van der Waals surface area contributed by atoms with Crippen LogP contribution in [0, 0.1) is 0 Å². The van der Waals surface area contributed by atoms with E-state index in [2.05, 4.69) is 15.5 Å². The highest BCUT2D eigenvalue weighted by Gasteiger charge is 2.13. The molecule has 6 nitrogen and oxygen atoms in total. The molecule has 2 N–H and O–H groups in total. The molecule has 0 aliphatic rings. The molecule has 0 bridgehead atoms. The Morgan fingerprint density at radius 3 is 2.75 bits per heavy atom. The quantitative estimate of drug-likeness (QED) is 0.733. The average molecular weight is 267 g/mol. The van der Waals surface area contributed by atoms with Crippen molar-refractivity contribution in [3.05, 3.63) is 48.5 Å². The third kappa shape index (κ3) is 2.07. The summed E-state index contributed by atoms with van der Waals surface area (Å²) in [7, 11) is 1.62. The van der Waals surface area contributed by atoms with Crippen molar-refractivity contribution in [1.29, 1.82) is 0 Å². The lowest BCUT2D eigenvalue weighted by Gasteiger charge is -2.07. The number of aromatic nitrogens is 4. The summed E-state index contributed by atoms with van der Waals surface area (Å²) in [6.45, 7) is 0. The molecule has 2 aromatic carbocycles. The number of hydrogen-bond donors (Lipinski definition) is 1. The van der Waals surface area contributed by atoms with Gasteiger partial charge in [-0.1, -0.05) is 18.2 Å². The second kappa shape index (κ2) is 5.00. The molecule has 3 aromatic rings. The minimum absolute atomic E-state index is 0.594. The molecule has 0 radical (unpaired) electrons. The van der Waals surface area contributed by atoms with Crippen molar-refractivity contribution >= 4 is 5.69 Å². The van der Waals surface area contributed by atoms with Crippen LogP contribution in [0.15, 0.2) is 48.5 Å². The molecule has 3 rings (SSSR count). The van der Waals surface area contributed by atoms with E-state index in [-0.39, 0.29) is 0 Å². The van der Waals surface area contributed by atoms with Crippen LogP contribution in [0.25, 0.3) is 17.1 Å². The van der Waals surface area contributed by atoms with E-state index in [1.165, 1.54) is 0 Å². The van der Waals surface area contributed by atoms with Gasteiger partial charge in [-0.15, -0.1) is 5.10 Å². The summed E-state index contributed by atoms with van der Waals surface area (Å²) in [6.07, 6.45) is 0. The van der Waals surface area contributed by atoms with Gasteiger partial charge in [0.25, 0.3) is 0 Å². The summed E-state index contributed by atoms with van der Waals surface area (Å²) in [5.74, 6) is 1.33. The molecule has 6 heteroatoms. The Bertz CT molecular complexity index is 738. The molecule has 1 heterocycles. The molecule has 0 aliphatic carbocycles. The predicted octanol–water partition coefficient (Wildman–Crippen LogP) is 1.92. The van der Waals surface area contributed by atoms with Gasteiger partial charge in [0.15, 0.2) is 5.82 Å². The number of nitrogens with two attached hydrogens (primary N) is 1. The molecule has 0 saturated carbocycles. The monoisotopic (exact) mass is 267 g/mol. The van der Waals surface area contributed by atoms with E-state index in [1.807, 2.05) is 48.5 Å². The van der Waals surface area contributed by atoms with E-state index in [0.29, 0.717) is 11.5 Å². The molecule has 0 atom stereocenters. The maximum atomic E-state index is 5.98. The minimum atomic E-state index is 0.594. The van der Waals surface area contributed by atoms with Crippen molar-refractivity contribution in [2.75, 3.05) is 12.8 Å². The first kappa shape index (κ1) is 12.2.